The van der Waals surface area contributed by atoms with Gasteiger partial charge in [-0.05, 0) is 12.1 Å². The molecular weight excluding hydrogens is 254 g/mol. The summed E-state index contributed by atoms with van der Waals surface area (Å²) in [5.74, 6) is 0.821. The molecule has 2 aromatic rings. The molecule has 0 radical (unpaired) electrons. The van der Waals surface area contributed by atoms with Crippen molar-refractivity contribution in [3.63, 3.8) is 0 Å². The second-order valence-electron chi connectivity index (χ2n) is 4.09. The van der Waals surface area contributed by atoms with Gasteiger partial charge < -0.3 is 14.7 Å². The number of rotatable bonds is 1. The van der Waals surface area contributed by atoms with Crippen molar-refractivity contribution in [3.8, 4) is 5.75 Å². The van der Waals surface area contributed by atoms with E-state index < -0.39 is 0 Å². The fourth-order valence-corrected chi connectivity index (χ4v) is 2.26. The van der Waals surface area contributed by atoms with Crippen LogP contribution in [0.3, 0.4) is 0 Å². The van der Waals surface area contributed by atoms with Gasteiger partial charge in [-0.25, -0.2) is 9.97 Å². The molecule has 1 saturated heterocycles. The maximum atomic E-state index is 9.92. The van der Waals surface area contributed by atoms with E-state index in [1.807, 2.05) is 6.07 Å². The van der Waals surface area contributed by atoms with Crippen LogP contribution in [-0.2, 0) is 4.74 Å². The minimum atomic E-state index is 0.00563. The molecular formula is C12H12ClN3O2. The molecule has 0 spiro atoms. The first kappa shape index (κ1) is 11.5. The highest BCUT2D eigenvalue weighted by Crippen LogP contribution is 2.34. The van der Waals surface area contributed by atoms with Gasteiger partial charge in [-0.1, -0.05) is 11.6 Å². The highest BCUT2D eigenvalue weighted by atomic mass is 35.5. The number of phenolic OH excluding ortho intramolecular Hbond substituents is 1. The lowest BCUT2D eigenvalue weighted by Gasteiger charge is -2.28. The summed E-state index contributed by atoms with van der Waals surface area (Å²) in [6, 6.07) is 3.49. The lowest BCUT2D eigenvalue weighted by molar-refractivity contribution is 0.122. The quantitative estimate of drug-likeness (QED) is 0.852. The van der Waals surface area contributed by atoms with Crippen molar-refractivity contribution < 1.29 is 9.84 Å². The molecule has 1 fully saturated rings. The van der Waals surface area contributed by atoms with Crippen molar-refractivity contribution in [3.05, 3.63) is 23.5 Å². The lowest BCUT2D eigenvalue weighted by Crippen LogP contribution is -2.36. The Kier molecular flexibility index (Phi) is 2.93. The summed E-state index contributed by atoms with van der Waals surface area (Å²) >= 11 is 5.88. The third kappa shape index (κ3) is 1.85. The Morgan fingerprint density at radius 3 is 2.78 bits per heavy atom. The molecule has 0 bridgehead atoms. The summed E-state index contributed by atoms with van der Waals surface area (Å²) < 4.78 is 5.32. The van der Waals surface area contributed by atoms with E-state index in [2.05, 4.69) is 14.9 Å². The Morgan fingerprint density at radius 1 is 1.22 bits per heavy atom. The minimum Gasteiger partial charge on any atom is -0.504 e. The zero-order valence-electron chi connectivity index (χ0n) is 9.64. The van der Waals surface area contributed by atoms with Crippen LogP contribution in [0.4, 0.5) is 5.82 Å². The van der Waals surface area contributed by atoms with Crippen molar-refractivity contribution in [2.24, 2.45) is 0 Å². The molecule has 0 aliphatic carbocycles. The molecule has 0 unspecified atom stereocenters. The number of aromatic nitrogens is 2. The highest BCUT2D eigenvalue weighted by Gasteiger charge is 2.17. The van der Waals surface area contributed by atoms with Crippen LogP contribution in [0.15, 0.2) is 18.5 Å². The summed E-state index contributed by atoms with van der Waals surface area (Å²) in [7, 11) is 0. The molecule has 2 heterocycles. The van der Waals surface area contributed by atoms with E-state index in [0.717, 1.165) is 24.3 Å². The van der Waals surface area contributed by atoms with Gasteiger partial charge in [0.05, 0.1) is 18.2 Å². The van der Waals surface area contributed by atoms with Crippen LogP contribution in [0.25, 0.3) is 10.9 Å². The molecule has 0 atom stereocenters. The second kappa shape index (κ2) is 4.59. The average Bonchev–Trinajstić information content (AvgIpc) is 2.43. The number of morpholine rings is 1. The standard InChI is InChI=1S/C12H12ClN3O2/c13-9-2-1-8-10(11(9)17)14-7-15-12(8)16-3-5-18-6-4-16/h1-2,7,17H,3-6H2. The van der Waals surface area contributed by atoms with Crippen LogP contribution in [0, 0.1) is 0 Å². The van der Waals surface area contributed by atoms with Crippen LogP contribution in [0.5, 0.6) is 5.75 Å². The normalized spacial score (nSPS) is 16.2. The van der Waals surface area contributed by atoms with Gasteiger partial charge in [0.1, 0.15) is 17.7 Å². The topological polar surface area (TPSA) is 58.5 Å². The van der Waals surface area contributed by atoms with Gasteiger partial charge in [0.2, 0.25) is 0 Å². The summed E-state index contributed by atoms with van der Waals surface area (Å²) in [6.45, 7) is 2.95. The molecule has 1 aliphatic rings. The van der Waals surface area contributed by atoms with Crippen molar-refractivity contribution in [2.75, 3.05) is 31.2 Å². The second-order valence-corrected chi connectivity index (χ2v) is 4.50. The van der Waals surface area contributed by atoms with E-state index >= 15 is 0 Å². The fraction of sp³-hybridized carbons (Fsp3) is 0.333. The van der Waals surface area contributed by atoms with Crippen molar-refractivity contribution in [1.29, 1.82) is 0 Å². The van der Waals surface area contributed by atoms with Crippen LogP contribution in [0.2, 0.25) is 5.02 Å². The van der Waals surface area contributed by atoms with E-state index in [0.29, 0.717) is 23.8 Å². The molecule has 18 heavy (non-hydrogen) atoms. The van der Waals surface area contributed by atoms with Crippen LogP contribution in [0.1, 0.15) is 0 Å². The van der Waals surface area contributed by atoms with Crippen LogP contribution < -0.4 is 4.90 Å². The third-order valence-electron chi connectivity index (χ3n) is 3.02. The molecule has 94 valence electrons. The number of hydrogen-bond donors (Lipinski definition) is 1. The molecule has 3 rings (SSSR count). The predicted octanol–water partition coefficient (Wildman–Crippen LogP) is 1.83. The van der Waals surface area contributed by atoms with Gasteiger partial charge >= 0.3 is 0 Å². The van der Waals surface area contributed by atoms with Gasteiger partial charge in [-0.2, -0.15) is 0 Å². The van der Waals surface area contributed by atoms with E-state index in [-0.39, 0.29) is 5.75 Å². The third-order valence-corrected chi connectivity index (χ3v) is 3.33. The summed E-state index contributed by atoms with van der Waals surface area (Å²) in [5, 5.41) is 11.0. The predicted molar refractivity (Wildman–Crippen MR) is 69.2 cm³/mol. The number of halogens is 1. The lowest BCUT2D eigenvalue weighted by atomic mass is 10.2. The molecule has 1 N–H and O–H groups in total. The van der Waals surface area contributed by atoms with Gasteiger partial charge in [0.15, 0.2) is 5.75 Å². The van der Waals surface area contributed by atoms with Crippen LogP contribution >= 0.6 is 11.6 Å². The minimum absolute atomic E-state index is 0.00563. The average molecular weight is 266 g/mol. The van der Waals surface area contributed by atoms with E-state index in [1.54, 1.807) is 6.07 Å². The Bertz CT molecular complexity index is 585. The smallest absolute Gasteiger partial charge is 0.160 e. The maximum absolute atomic E-state index is 9.92. The van der Waals surface area contributed by atoms with Gasteiger partial charge in [-0.15, -0.1) is 0 Å². The van der Waals surface area contributed by atoms with E-state index in [4.69, 9.17) is 16.3 Å². The van der Waals surface area contributed by atoms with E-state index in [1.165, 1.54) is 6.33 Å². The Labute approximate surface area is 109 Å². The number of ether oxygens (including phenoxy) is 1. The number of aromatic hydroxyl groups is 1. The number of phenols is 1. The number of anilines is 1. The molecule has 0 saturated carbocycles. The fourth-order valence-electron chi connectivity index (χ4n) is 2.10. The summed E-state index contributed by atoms with van der Waals surface area (Å²) in [4.78, 5) is 10.5. The van der Waals surface area contributed by atoms with Crippen molar-refractivity contribution in [2.45, 2.75) is 0 Å². The zero-order chi connectivity index (χ0) is 12.5. The first-order valence-corrected chi connectivity index (χ1v) is 6.10. The van der Waals surface area contributed by atoms with Gasteiger partial charge in [-0.3, -0.25) is 0 Å². The molecule has 1 aromatic carbocycles. The number of fused-ring (bicyclic) bond motifs is 1. The monoisotopic (exact) mass is 265 g/mol. The van der Waals surface area contributed by atoms with Gasteiger partial charge in [0.25, 0.3) is 0 Å². The van der Waals surface area contributed by atoms with Crippen molar-refractivity contribution in [1.82, 2.24) is 9.97 Å². The Balaban J connectivity index is 2.14. The van der Waals surface area contributed by atoms with Crippen molar-refractivity contribution >= 4 is 28.3 Å². The number of nitrogens with zero attached hydrogens (tertiary/aromatic N) is 3. The van der Waals surface area contributed by atoms with Crippen LogP contribution in [-0.4, -0.2) is 41.4 Å². The number of hydrogen-bond acceptors (Lipinski definition) is 5. The molecule has 6 heteroatoms. The number of benzene rings is 1. The SMILES string of the molecule is Oc1c(Cl)ccc2c(N3CCOCC3)ncnc12. The molecule has 5 nitrogen and oxygen atoms in total. The molecule has 1 aromatic heterocycles. The zero-order valence-corrected chi connectivity index (χ0v) is 10.4. The Hall–Kier alpha value is -1.59. The molecule has 0 amide bonds. The molecule has 1 aliphatic heterocycles. The Morgan fingerprint density at radius 2 is 2.00 bits per heavy atom. The highest BCUT2D eigenvalue weighted by molar-refractivity contribution is 6.33. The first-order valence-electron chi connectivity index (χ1n) is 5.72. The maximum Gasteiger partial charge on any atom is 0.160 e. The largest absolute Gasteiger partial charge is 0.504 e. The van der Waals surface area contributed by atoms with Gasteiger partial charge in [0, 0.05) is 18.5 Å². The first-order chi connectivity index (χ1) is 8.77. The van der Waals surface area contributed by atoms with E-state index in [9.17, 15) is 5.11 Å². The summed E-state index contributed by atoms with van der Waals surface area (Å²) in [5.41, 5.74) is 0.485. The summed E-state index contributed by atoms with van der Waals surface area (Å²) in [6.07, 6.45) is 1.45.